The summed E-state index contributed by atoms with van der Waals surface area (Å²) < 4.78 is 5.66. The summed E-state index contributed by atoms with van der Waals surface area (Å²) in [6, 6.07) is 41.2. The zero-order valence-electron chi connectivity index (χ0n) is 26.8. The number of hydrogen-bond donors (Lipinski definition) is 3. The highest BCUT2D eigenvalue weighted by Gasteiger charge is 2.20. The molecule has 242 valence electrons. The highest BCUT2D eigenvalue weighted by molar-refractivity contribution is 8.00. The van der Waals surface area contributed by atoms with Crippen LogP contribution in [0.3, 0.4) is 0 Å². The van der Waals surface area contributed by atoms with Crippen molar-refractivity contribution in [2.45, 2.75) is 30.4 Å². The first-order valence-corrected chi connectivity index (χ1v) is 16.7. The van der Waals surface area contributed by atoms with Crippen LogP contribution in [0.1, 0.15) is 36.2 Å². The van der Waals surface area contributed by atoms with Crippen molar-refractivity contribution in [3.63, 3.8) is 0 Å². The molecule has 0 spiro atoms. The van der Waals surface area contributed by atoms with Gasteiger partial charge >= 0.3 is 0 Å². The molecule has 0 radical (unpaired) electrons. The van der Waals surface area contributed by atoms with Crippen LogP contribution in [0.2, 0.25) is 0 Å². The van der Waals surface area contributed by atoms with E-state index in [1.54, 1.807) is 36.4 Å². The summed E-state index contributed by atoms with van der Waals surface area (Å²) in [5, 5.41) is 8.33. The lowest BCUT2D eigenvalue weighted by Gasteiger charge is -2.17. The highest BCUT2D eigenvalue weighted by Crippen LogP contribution is 2.30. The average molecular weight is 656 g/mol. The number of para-hydroxylation sites is 2. The zero-order valence-corrected chi connectivity index (χ0v) is 27.6. The van der Waals surface area contributed by atoms with E-state index >= 15 is 0 Å². The van der Waals surface area contributed by atoms with Gasteiger partial charge in [0.05, 0.1) is 17.5 Å². The standard InChI is InChI=1S/C40H37N3O4S/c1-3-37(40(46)42-34-20-11-12-21-36(34)47-4-2)48-33-19-13-18-32(27-33)41-39(45)35(43-38(44)31-16-9-6-10-17-31)26-28-22-24-30(25-23-28)29-14-7-5-8-15-29/h5-27,37H,3-4H2,1-2H3,(H,41,45)(H,42,46)(H,43,44)/b35-26+. The number of rotatable bonds is 13. The molecule has 0 aliphatic rings. The fraction of sp³-hybridized carbons (Fsp3) is 0.125. The van der Waals surface area contributed by atoms with Gasteiger partial charge in [0, 0.05) is 16.1 Å². The lowest BCUT2D eigenvalue weighted by atomic mass is 10.0. The summed E-state index contributed by atoms with van der Waals surface area (Å²) in [5.41, 5.74) is 4.55. The molecule has 0 bridgehead atoms. The Morgan fingerprint density at radius 2 is 1.40 bits per heavy atom. The second-order valence-electron chi connectivity index (χ2n) is 10.8. The molecule has 5 aromatic rings. The number of carbonyl (C=O) groups excluding carboxylic acids is 3. The maximum absolute atomic E-state index is 13.7. The molecular weight excluding hydrogens is 619 g/mol. The molecule has 1 unspecified atom stereocenters. The predicted octanol–water partition coefficient (Wildman–Crippen LogP) is 8.67. The summed E-state index contributed by atoms with van der Waals surface area (Å²) in [6.07, 6.45) is 2.24. The molecule has 48 heavy (non-hydrogen) atoms. The van der Waals surface area contributed by atoms with Crippen LogP contribution < -0.4 is 20.7 Å². The number of ether oxygens (including phenoxy) is 1. The largest absolute Gasteiger partial charge is 0.492 e. The predicted molar refractivity (Wildman–Crippen MR) is 195 cm³/mol. The lowest BCUT2D eigenvalue weighted by molar-refractivity contribution is -0.116. The average Bonchev–Trinajstić information content (AvgIpc) is 3.12. The van der Waals surface area contributed by atoms with E-state index in [4.69, 9.17) is 4.74 Å². The molecule has 5 rings (SSSR count). The van der Waals surface area contributed by atoms with Gasteiger partial charge in [0.1, 0.15) is 11.4 Å². The molecule has 0 fully saturated rings. The number of nitrogens with one attached hydrogen (secondary N) is 3. The smallest absolute Gasteiger partial charge is 0.272 e. The summed E-state index contributed by atoms with van der Waals surface area (Å²) in [5.74, 6) is -0.403. The van der Waals surface area contributed by atoms with Crippen molar-refractivity contribution in [3.05, 3.63) is 150 Å². The molecule has 0 saturated carbocycles. The minimum absolute atomic E-state index is 0.0909. The number of anilines is 2. The summed E-state index contributed by atoms with van der Waals surface area (Å²) in [6.45, 7) is 4.34. The Morgan fingerprint density at radius 3 is 2.10 bits per heavy atom. The van der Waals surface area contributed by atoms with Gasteiger partial charge in [-0.1, -0.05) is 97.9 Å². The van der Waals surface area contributed by atoms with Gasteiger partial charge in [0.2, 0.25) is 5.91 Å². The van der Waals surface area contributed by atoms with Crippen molar-refractivity contribution in [1.82, 2.24) is 5.32 Å². The first-order chi connectivity index (χ1) is 23.4. The molecular formula is C40H37N3O4S. The number of thioether (sulfide) groups is 1. The fourth-order valence-corrected chi connectivity index (χ4v) is 5.92. The van der Waals surface area contributed by atoms with Crippen LogP contribution in [-0.4, -0.2) is 29.6 Å². The van der Waals surface area contributed by atoms with Crippen LogP contribution >= 0.6 is 11.8 Å². The van der Waals surface area contributed by atoms with Crippen LogP contribution in [-0.2, 0) is 9.59 Å². The Labute approximate surface area is 285 Å². The quantitative estimate of drug-likeness (QED) is 0.0872. The van der Waals surface area contributed by atoms with Crippen molar-refractivity contribution in [1.29, 1.82) is 0 Å². The first kappa shape index (κ1) is 33.8. The number of hydrogen-bond acceptors (Lipinski definition) is 5. The topological polar surface area (TPSA) is 96.5 Å². The monoisotopic (exact) mass is 655 g/mol. The van der Waals surface area contributed by atoms with Crippen molar-refractivity contribution >= 4 is 46.9 Å². The Hall–Kier alpha value is -5.60. The fourth-order valence-electron chi connectivity index (χ4n) is 4.91. The van der Waals surface area contributed by atoms with Gasteiger partial charge in [-0.05, 0) is 78.6 Å². The van der Waals surface area contributed by atoms with E-state index in [0.29, 0.717) is 35.7 Å². The van der Waals surface area contributed by atoms with Crippen LogP contribution in [0, 0.1) is 0 Å². The molecule has 0 aliphatic carbocycles. The van der Waals surface area contributed by atoms with E-state index in [2.05, 4.69) is 16.0 Å². The van der Waals surface area contributed by atoms with E-state index in [1.807, 2.05) is 117 Å². The Balaban J connectivity index is 1.33. The molecule has 8 heteroatoms. The SMILES string of the molecule is CCOc1ccccc1NC(=O)C(CC)Sc1cccc(NC(=O)/C(=C\c2ccc(-c3ccccc3)cc2)NC(=O)c2ccccc2)c1. The molecule has 0 heterocycles. The van der Waals surface area contributed by atoms with Crippen molar-refractivity contribution in [2.75, 3.05) is 17.2 Å². The van der Waals surface area contributed by atoms with E-state index in [1.165, 1.54) is 11.8 Å². The van der Waals surface area contributed by atoms with Gasteiger partial charge in [0.25, 0.3) is 11.8 Å². The van der Waals surface area contributed by atoms with Crippen LogP contribution in [0.25, 0.3) is 17.2 Å². The Morgan fingerprint density at radius 1 is 0.729 bits per heavy atom. The molecule has 1 atom stereocenters. The van der Waals surface area contributed by atoms with Gasteiger partial charge in [0.15, 0.2) is 0 Å². The summed E-state index contributed by atoms with van der Waals surface area (Å²) >= 11 is 1.41. The van der Waals surface area contributed by atoms with Gasteiger partial charge in [-0.2, -0.15) is 0 Å². The highest BCUT2D eigenvalue weighted by atomic mass is 32.2. The van der Waals surface area contributed by atoms with Gasteiger partial charge in [-0.25, -0.2) is 0 Å². The van der Waals surface area contributed by atoms with E-state index in [0.717, 1.165) is 21.6 Å². The van der Waals surface area contributed by atoms with E-state index in [9.17, 15) is 14.4 Å². The molecule has 0 aromatic heterocycles. The third-order valence-corrected chi connectivity index (χ3v) is 8.69. The molecule has 3 amide bonds. The molecule has 5 aromatic carbocycles. The molecule has 3 N–H and O–H groups in total. The number of amides is 3. The molecule has 0 saturated heterocycles. The molecule has 7 nitrogen and oxygen atoms in total. The zero-order chi connectivity index (χ0) is 33.7. The van der Waals surface area contributed by atoms with Crippen molar-refractivity contribution in [2.24, 2.45) is 0 Å². The number of carbonyl (C=O) groups is 3. The van der Waals surface area contributed by atoms with Crippen LogP contribution in [0.15, 0.2) is 144 Å². The normalized spacial score (nSPS) is 11.7. The van der Waals surface area contributed by atoms with Crippen molar-refractivity contribution < 1.29 is 19.1 Å². The second kappa shape index (κ2) is 16.8. The third kappa shape index (κ3) is 9.24. The molecule has 0 aliphatic heterocycles. The van der Waals surface area contributed by atoms with E-state index in [-0.39, 0.29) is 16.9 Å². The van der Waals surface area contributed by atoms with Crippen molar-refractivity contribution in [3.8, 4) is 16.9 Å². The van der Waals surface area contributed by atoms with E-state index < -0.39 is 11.8 Å². The first-order valence-electron chi connectivity index (χ1n) is 15.8. The lowest BCUT2D eigenvalue weighted by Crippen LogP contribution is -2.30. The Bertz CT molecular complexity index is 1880. The third-order valence-electron chi connectivity index (χ3n) is 7.34. The minimum atomic E-state index is -0.481. The summed E-state index contributed by atoms with van der Waals surface area (Å²) in [7, 11) is 0. The maximum atomic E-state index is 13.7. The second-order valence-corrected chi connectivity index (χ2v) is 12.1. The van der Waals surface area contributed by atoms with Gasteiger partial charge < -0.3 is 20.7 Å². The summed E-state index contributed by atoms with van der Waals surface area (Å²) in [4.78, 5) is 40.9. The van der Waals surface area contributed by atoms with Crippen LogP contribution in [0.5, 0.6) is 5.75 Å². The minimum Gasteiger partial charge on any atom is -0.492 e. The maximum Gasteiger partial charge on any atom is 0.272 e. The van der Waals surface area contributed by atoms with Crippen LogP contribution in [0.4, 0.5) is 11.4 Å². The van der Waals surface area contributed by atoms with Gasteiger partial charge in [-0.3, -0.25) is 14.4 Å². The number of benzene rings is 5. The van der Waals surface area contributed by atoms with Gasteiger partial charge in [-0.15, -0.1) is 11.8 Å². The Kier molecular flexibility index (Phi) is 11.8.